The van der Waals surface area contributed by atoms with Gasteiger partial charge in [-0.25, -0.2) is 0 Å². The van der Waals surface area contributed by atoms with Gasteiger partial charge in [-0.15, -0.1) is 0 Å². The summed E-state index contributed by atoms with van der Waals surface area (Å²) in [5.41, 5.74) is -0.264. The molecule has 0 aromatic rings. The monoisotopic (exact) mass is 268 g/mol. The molecule has 1 aliphatic heterocycles. The molecule has 1 N–H and O–H groups in total. The molecule has 2 fully saturated rings. The second kappa shape index (κ2) is 5.49. The van der Waals surface area contributed by atoms with Crippen molar-refractivity contribution in [3.8, 4) is 0 Å². The molecule has 1 heterocycles. The molecule has 0 aromatic heterocycles. The predicted octanol–water partition coefficient (Wildman–Crippen LogP) is 0.786. The molecule has 0 aromatic carbocycles. The van der Waals surface area contributed by atoms with Gasteiger partial charge in [-0.05, 0) is 24.2 Å². The van der Waals surface area contributed by atoms with Gasteiger partial charge in [-0.3, -0.25) is 9.59 Å². The Kier molecular flexibility index (Phi) is 4.13. The third-order valence-electron chi connectivity index (χ3n) is 3.62. The zero-order chi connectivity index (χ0) is 14.0. The molecule has 2 rings (SSSR count). The molecular weight excluding hydrogens is 244 g/mol. The van der Waals surface area contributed by atoms with Crippen LogP contribution in [-0.4, -0.2) is 49.1 Å². The zero-order valence-electron chi connectivity index (χ0n) is 12.1. The molecule has 5 heteroatoms. The highest BCUT2D eigenvalue weighted by molar-refractivity contribution is 5.95. The Labute approximate surface area is 114 Å². The molecule has 1 unspecified atom stereocenters. The van der Waals surface area contributed by atoms with Crippen LogP contribution in [0.15, 0.2) is 0 Å². The second-order valence-electron chi connectivity index (χ2n) is 6.64. The van der Waals surface area contributed by atoms with Gasteiger partial charge in [-0.2, -0.15) is 0 Å². The lowest BCUT2D eigenvalue weighted by atomic mass is 9.85. The maximum atomic E-state index is 12.3. The molecule has 0 bridgehead atoms. The number of rotatable bonds is 5. The van der Waals surface area contributed by atoms with Crippen LogP contribution >= 0.6 is 0 Å². The van der Waals surface area contributed by atoms with Crippen molar-refractivity contribution in [1.82, 2.24) is 10.2 Å². The first-order valence-corrected chi connectivity index (χ1v) is 7.04. The molecule has 1 saturated heterocycles. The minimum absolute atomic E-state index is 0.00196. The summed E-state index contributed by atoms with van der Waals surface area (Å²) in [4.78, 5) is 25.6. The van der Waals surface area contributed by atoms with E-state index < -0.39 is 6.04 Å². The average molecular weight is 268 g/mol. The molecule has 1 aliphatic carbocycles. The number of nitrogens with zero attached hydrogens (tertiary/aromatic N) is 1. The molecular formula is C14H24N2O3. The van der Waals surface area contributed by atoms with Crippen molar-refractivity contribution in [3.05, 3.63) is 0 Å². The van der Waals surface area contributed by atoms with Gasteiger partial charge < -0.3 is 15.0 Å². The highest BCUT2D eigenvalue weighted by Gasteiger charge is 2.39. The van der Waals surface area contributed by atoms with Crippen LogP contribution in [0.5, 0.6) is 0 Å². The minimum Gasteiger partial charge on any atom is -0.379 e. The molecule has 0 spiro atoms. The summed E-state index contributed by atoms with van der Waals surface area (Å²) in [6.45, 7) is 7.85. The van der Waals surface area contributed by atoms with Gasteiger partial charge in [0.1, 0.15) is 6.04 Å². The van der Waals surface area contributed by atoms with Gasteiger partial charge in [0.05, 0.1) is 13.2 Å². The first kappa shape index (κ1) is 14.3. The standard InChI is InChI=1S/C14H24N2O3/c1-14(2,3)12-13(18)16(8-11(17)15-12)6-7-19-9-10-4-5-10/h10,12H,4-9H2,1-3H3,(H,15,17). The highest BCUT2D eigenvalue weighted by Crippen LogP contribution is 2.28. The number of hydrogen-bond donors (Lipinski definition) is 1. The fourth-order valence-electron chi connectivity index (χ4n) is 2.19. The Morgan fingerprint density at radius 1 is 1.32 bits per heavy atom. The zero-order valence-corrected chi connectivity index (χ0v) is 12.1. The van der Waals surface area contributed by atoms with Crippen LogP contribution in [0.25, 0.3) is 0 Å². The lowest BCUT2D eigenvalue weighted by molar-refractivity contribution is -0.148. The highest BCUT2D eigenvalue weighted by atomic mass is 16.5. The number of carbonyl (C=O) groups excluding carboxylic acids is 2. The van der Waals surface area contributed by atoms with Gasteiger partial charge in [0.2, 0.25) is 11.8 Å². The summed E-state index contributed by atoms with van der Waals surface area (Å²) < 4.78 is 5.54. The summed E-state index contributed by atoms with van der Waals surface area (Å²) >= 11 is 0. The van der Waals surface area contributed by atoms with Gasteiger partial charge in [-0.1, -0.05) is 20.8 Å². The van der Waals surface area contributed by atoms with Crippen LogP contribution in [0.4, 0.5) is 0 Å². The lowest BCUT2D eigenvalue weighted by Gasteiger charge is -2.38. The quantitative estimate of drug-likeness (QED) is 0.750. The number of carbonyl (C=O) groups is 2. The Morgan fingerprint density at radius 2 is 2.00 bits per heavy atom. The van der Waals surface area contributed by atoms with Crippen LogP contribution in [0.2, 0.25) is 0 Å². The smallest absolute Gasteiger partial charge is 0.246 e. The van der Waals surface area contributed by atoms with Gasteiger partial charge in [0, 0.05) is 13.2 Å². The van der Waals surface area contributed by atoms with Crippen LogP contribution in [-0.2, 0) is 14.3 Å². The fourth-order valence-corrected chi connectivity index (χ4v) is 2.19. The largest absolute Gasteiger partial charge is 0.379 e. The number of amides is 2. The first-order valence-electron chi connectivity index (χ1n) is 7.04. The van der Waals surface area contributed by atoms with E-state index in [9.17, 15) is 9.59 Å². The van der Waals surface area contributed by atoms with Crippen molar-refractivity contribution >= 4 is 11.8 Å². The van der Waals surface area contributed by atoms with Crippen LogP contribution in [0.1, 0.15) is 33.6 Å². The van der Waals surface area contributed by atoms with E-state index in [4.69, 9.17) is 4.74 Å². The van der Waals surface area contributed by atoms with Crippen molar-refractivity contribution in [2.24, 2.45) is 11.3 Å². The van der Waals surface area contributed by atoms with Gasteiger partial charge in [0.25, 0.3) is 0 Å². The maximum absolute atomic E-state index is 12.3. The number of nitrogens with one attached hydrogen (secondary N) is 1. The van der Waals surface area contributed by atoms with Crippen LogP contribution in [0.3, 0.4) is 0 Å². The predicted molar refractivity (Wildman–Crippen MR) is 71.5 cm³/mol. The Hall–Kier alpha value is -1.10. The van der Waals surface area contributed by atoms with Crippen LogP contribution in [0, 0.1) is 11.3 Å². The Bertz CT molecular complexity index is 358. The molecule has 0 radical (unpaired) electrons. The van der Waals surface area contributed by atoms with Crippen LogP contribution < -0.4 is 5.32 Å². The van der Waals surface area contributed by atoms with Crippen molar-refractivity contribution < 1.29 is 14.3 Å². The summed E-state index contributed by atoms with van der Waals surface area (Å²) in [6, 6.07) is -0.433. The molecule has 1 saturated carbocycles. The molecule has 5 nitrogen and oxygen atoms in total. The summed E-state index contributed by atoms with van der Waals surface area (Å²) in [5, 5.41) is 2.78. The van der Waals surface area contributed by atoms with E-state index in [0.717, 1.165) is 12.5 Å². The number of ether oxygens (including phenoxy) is 1. The third kappa shape index (κ3) is 3.93. The SMILES string of the molecule is CC(C)(C)C1NC(=O)CN(CCOCC2CC2)C1=O. The normalized spacial score (nSPS) is 24.6. The third-order valence-corrected chi connectivity index (χ3v) is 3.62. The van der Waals surface area contributed by atoms with E-state index in [0.29, 0.717) is 13.2 Å². The topological polar surface area (TPSA) is 58.6 Å². The van der Waals surface area contributed by atoms with E-state index in [1.54, 1.807) is 4.90 Å². The van der Waals surface area contributed by atoms with E-state index in [1.807, 2.05) is 20.8 Å². The minimum atomic E-state index is -0.433. The molecule has 108 valence electrons. The van der Waals surface area contributed by atoms with E-state index in [-0.39, 0.29) is 23.8 Å². The van der Waals surface area contributed by atoms with E-state index in [2.05, 4.69) is 5.32 Å². The molecule has 2 aliphatic rings. The number of piperazine rings is 1. The van der Waals surface area contributed by atoms with Crippen molar-refractivity contribution in [1.29, 1.82) is 0 Å². The Morgan fingerprint density at radius 3 is 2.58 bits per heavy atom. The molecule has 19 heavy (non-hydrogen) atoms. The number of hydrogen-bond acceptors (Lipinski definition) is 3. The average Bonchev–Trinajstić information content (AvgIpc) is 3.10. The fraction of sp³-hybridized carbons (Fsp3) is 0.857. The van der Waals surface area contributed by atoms with Crippen molar-refractivity contribution in [2.45, 2.75) is 39.7 Å². The second-order valence-corrected chi connectivity index (χ2v) is 6.64. The molecule has 1 atom stereocenters. The van der Waals surface area contributed by atoms with Crippen molar-refractivity contribution in [3.63, 3.8) is 0 Å². The maximum Gasteiger partial charge on any atom is 0.246 e. The summed E-state index contributed by atoms with van der Waals surface area (Å²) in [5.74, 6) is 0.645. The van der Waals surface area contributed by atoms with Gasteiger partial charge in [0.15, 0.2) is 0 Å². The van der Waals surface area contributed by atoms with E-state index >= 15 is 0 Å². The van der Waals surface area contributed by atoms with Crippen molar-refractivity contribution in [2.75, 3.05) is 26.3 Å². The van der Waals surface area contributed by atoms with E-state index in [1.165, 1.54) is 12.8 Å². The lowest BCUT2D eigenvalue weighted by Crippen LogP contribution is -2.62. The van der Waals surface area contributed by atoms with Gasteiger partial charge >= 0.3 is 0 Å². The summed E-state index contributed by atoms with van der Waals surface area (Å²) in [7, 11) is 0. The molecule has 2 amide bonds. The Balaban J connectivity index is 1.83. The first-order chi connectivity index (χ1) is 8.88. The summed E-state index contributed by atoms with van der Waals surface area (Å²) in [6.07, 6.45) is 2.52.